The maximum atomic E-state index is 6.49. The monoisotopic (exact) mass is 291 g/mol. The number of ether oxygens (including phenoxy) is 1. The van der Waals surface area contributed by atoms with Gasteiger partial charge in [0.1, 0.15) is 0 Å². The molecular weight excluding hydrogens is 262 g/mol. The SMILES string of the molecule is CCCC1CCC(n2cncc2C(N)C2CCOC2)CC1. The van der Waals surface area contributed by atoms with E-state index in [9.17, 15) is 0 Å². The van der Waals surface area contributed by atoms with Gasteiger partial charge in [-0.05, 0) is 38.0 Å². The number of hydrogen-bond acceptors (Lipinski definition) is 3. The number of nitrogens with zero attached hydrogens (tertiary/aromatic N) is 2. The molecule has 2 heterocycles. The van der Waals surface area contributed by atoms with Gasteiger partial charge in [0.05, 0.1) is 24.7 Å². The minimum absolute atomic E-state index is 0.0726. The Morgan fingerprint density at radius 1 is 1.33 bits per heavy atom. The smallest absolute Gasteiger partial charge is 0.0951 e. The standard InChI is InChI=1S/C17H29N3O/c1-2-3-13-4-6-15(7-5-13)20-12-19-10-16(20)17(18)14-8-9-21-11-14/h10,12-15,17H,2-9,11,18H2,1H3. The summed E-state index contributed by atoms with van der Waals surface area (Å²) in [6.45, 7) is 3.95. The van der Waals surface area contributed by atoms with Crippen LogP contribution in [0.3, 0.4) is 0 Å². The lowest BCUT2D eigenvalue weighted by molar-refractivity contribution is 0.179. The van der Waals surface area contributed by atoms with Crippen LogP contribution in [-0.2, 0) is 4.74 Å². The molecule has 2 aliphatic rings. The normalized spacial score (nSPS) is 31.4. The van der Waals surface area contributed by atoms with Crippen molar-refractivity contribution in [1.29, 1.82) is 0 Å². The molecule has 1 aliphatic carbocycles. The van der Waals surface area contributed by atoms with Crippen LogP contribution in [0.15, 0.2) is 12.5 Å². The lowest BCUT2D eigenvalue weighted by Gasteiger charge is -2.31. The number of hydrogen-bond donors (Lipinski definition) is 1. The van der Waals surface area contributed by atoms with Crippen LogP contribution in [0.25, 0.3) is 0 Å². The van der Waals surface area contributed by atoms with Gasteiger partial charge >= 0.3 is 0 Å². The van der Waals surface area contributed by atoms with Crippen LogP contribution in [0.5, 0.6) is 0 Å². The largest absolute Gasteiger partial charge is 0.381 e. The van der Waals surface area contributed by atoms with Crippen molar-refractivity contribution >= 4 is 0 Å². The molecule has 0 amide bonds. The fourth-order valence-corrected chi connectivity index (χ4v) is 4.08. The summed E-state index contributed by atoms with van der Waals surface area (Å²) in [5.74, 6) is 1.40. The van der Waals surface area contributed by atoms with Gasteiger partial charge in [-0.3, -0.25) is 0 Å². The quantitative estimate of drug-likeness (QED) is 0.904. The van der Waals surface area contributed by atoms with Gasteiger partial charge < -0.3 is 15.0 Å². The van der Waals surface area contributed by atoms with Gasteiger partial charge in [0, 0.05) is 24.8 Å². The first kappa shape index (κ1) is 15.0. The van der Waals surface area contributed by atoms with Gasteiger partial charge in [-0.1, -0.05) is 19.8 Å². The maximum Gasteiger partial charge on any atom is 0.0951 e. The van der Waals surface area contributed by atoms with E-state index in [2.05, 4.69) is 16.5 Å². The van der Waals surface area contributed by atoms with Crippen molar-refractivity contribution in [3.8, 4) is 0 Å². The second-order valence-electron chi connectivity index (χ2n) is 6.84. The van der Waals surface area contributed by atoms with E-state index < -0.39 is 0 Å². The van der Waals surface area contributed by atoms with Crippen molar-refractivity contribution in [2.24, 2.45) is 17.6 Å². The number of imidazole rings is 1. The van der Waals surface area contributed by atoms with Gasteiger partial charge in [-0.2, -0.15) is 0 Å². The van der Waals surface area contributed by atoms with E-state index in [4.69, 9.17) is 10.5 Å². The summed E-state index contributed by atoms with van der Waals surface area (Å²) in [6.07, 6.45) is 13.0. The Morgan fingerprint density at radius 3 is 2.81 bits per heavy atom. The Kier molecular flexibility index (Phi) is 4.96. The Morgan fingerprint density at radius 2 is 2.14 bits per heavy atom. The molecule has 1 aromatic heterocycles. The second-order valence-corrected chi connectivity index (χ2v) is 6.84. The Balaban J connectivity index is 1.65. The zero-order valence-electron chi connectivity index (χ0n) is 13.2. The van der Waals surface area contributed by atoms with Crippen LogP contribution < -0.4 is 5.73 Å². The summed E-state index contributed by atoms with van der Waals surface area (Å²) in [5, 5.41) is 0. The molecule has 1 aromatic rings. The fourth-order valence-electron chi connectivity index (χ4n) is 4.08. The van der Waals surface area contributed by atoms with Gasteiger partial charge in [-0.25, -0.2) is 4.98 Å². The summed E-state index contributed by atoms with van der Waals surface area (Å²) in [4.78, 5) is 4.39. The van der Waals surface area contributed by atoms with Gasteiger partial charge in [0.2, 0.25) is 0 Å². The van der Waals surface area contributed by atoms with E-state index in [1.165, 1.54) is 44.2 Å². The molecular formula is C17H29N3O. The van der Waals surface area contributed by atoms with Crippen molar-refractivity contribution in [2.45, 2.75) is 64.0 Å². The van der Waals surface area contributed by atoms with Crippen LogP contribution in [0, 0.1) is 11.8 Å². The number of rotatable bonds is 5. The van der Waals surface area contributed by atoms with Gasteiger partial charge in [0.15, 0.2) is 0 Å². The van der Waals surface area contributed by atoms with E-state index in [1.54, 1.807) is 0 Å². The summed E-state index contributed by atoms with van der Waals surface area (Å²) >= 11 is 0. The highest BCUT2D eigenvalue weighted by molar-refractivity contribution is 5.09. The maximum absolute atomic E-state index is 6.49. The first-order chi connectivity index (χ1) is 10.3. The molecule has 21 heavy (non-hydrogen) atoms. The fraction of sp³-hybridized carbons (Fsp3) is 0.824. The minimum atomic E-state index is 0.0726. The molecule has 1 saturated heterocycles. The third-order valence-electron chi connectivity index (χ3n) is 5.42. The van der Waals surface area contributed by atoms with E-state index in [0.717, 1.165) is 25.6 Å². The molecule has 4 nitrogen and oxygen atoms in total. The molecule has 2 fully saturated rings. The molecule has 2 atom stereocenters. The first-order valence-corrected chi connectivity index (χ1v) is 8.64. The van der Waals surface area contributed by atoms with Gasteiger partial charge in [-0.15, -0.1) is 0 Å². The summed E-state index contributed by atoms with van der Waals surface area (Å²) < 4.78 is 7.86. The summed E-state index contributed by atoms with van der Waals surface area (Å²) in [6, 6.07) is 0.673. The van der Waals surface area contributed by atoms with Crippen molar-refractivity contribution in [2.75, 3.05) is 13.2 Å². The van der Waals surface area contributed by atoms with Gasteiger partial charge in [0.25, 0.3) is 0 Å². The lowest BCUT2D eigenvalue weighted by Crippen LogP contribution is -2.27. The Labute approximate surface area is 128 Å². The molecule has 0 aromatic carbocycles. The lowest BCUT2D eigenvalue weighted by atomic mass is 9.83. The molecule has 0 bridgehead atoms. The number of nitrogens with two attached hydrogens (primary N) is 1. The van der Waals surface area contributed by atoms with Crippen LogP contribution in [0.2, 0.25) is 0 Å². The predicted molar refractivity (Wildman–Crippen MR) is 84.0 cm³/mol. The van der Waals surface area contributed by atoms with Crippen LogP contribution in [0.4, 0.5) is 0 Å². The molecule has 4 heteroatoms. The highest BCUT2D eigenvalue weighted by atomic mass is 16.5. The average Bonchev–Trinajstić information content (AvgIpc) is 3.19. The highest BCUT2D eigenvalue weighted by Crippen LogP contribution is 2.36. The van der Waals surface area contributed by atoms with E-state index in [1.807, 2.05) is 12.5 Å². The number of aromatic nitrogens is 2. The zero-order chi connectivity index (χ0) is 14.7. The molecule has 1 aliphatic heterocycles. The molecule has 2 N–H and O–H groups in total. The molecule has 0 spiro atoms. The topological polar surface area (TPSA) is 53.1 Å². The van der Waals surface area contributed by atoms with Crippen molar-refractivity contribution in [1.82, 2.24) is 9.55 Å². The van der Waals surface area contributed by atoms with E-state index >= 15 is 0 Å². The third-order valence-corrected chi connectivity index (χ3v) is 5.42. The molecule has 118 valence electrons. The predicted octanol–water partition coefficient (Wildman–Crippen LogP) is 3.45. The van der Waals surface area contributed by atoms with Crippen LogP contribution in [-0.4, -0.2) is 22.8 Å². The van der Waals surface area contributed by atoms with E-state index in [0.29, 0.717) is 12.0 Å². The van der Waals surface area contributed by atoms with Crippen molar-refractivity contribution in [3.63, 3.8) is 0 Å². The van der Waals surface area contributed by atoms with Crippen LogP contribution >= 0.6 is 0 Å². The Bertz CT molecular complexity index is 431. The van der Waals surface area contributed by atoms with Crippen LogP contribution in [0.1, 0.15) is 69.6 Å². The zero-order valence-corrected chi connectivity index (χ0v) is 13.2. The summed E-state index contributed by atoms with van der Waals surface area (Å²) in [7, 11) is 0. The van der Waals surface area contributed by atoms with Crippen molar-refractivity contribution in [3.05, 3.63) is 18.2 Å². The first-order valence-electron chi connectivity index (χ1n) is 8.64. The highest BCUT2D eigenvalue weighted by Gasteiger charge is 2.29. The summed E-state index contributed by atoms with van der Waals surface area (Å²) in [5.41, 5.74) is 7.70. The Hall–Kier alpha value is -0.870. The average molecular weight is 291 g/mol. The molecule has 3 rings (SSSR count). The van der Waals surface area contributed by atoms with Crippen molar-refractivity contribution < 1.29 is 4.74 Å². The molecule has 1 saturated carbocycles. The molecule has 0 radical (unpaired) electrons. The second kappa shape index (κ2) is 6.93. The minimum Gasteiger partial charge on any atom is -0.381 e. The van der Waals surface area contributed by atoms with E-state index in [-0.39, 0.29) is 6.04 Å². The molecule has 2 unspecified atom stereocenters. The third kappa shape index (κ3) is 3.32.